The average Bonchev–Trinajstić information content (AvgIpc) is 1.70. The molecule has 1 aromatic carbocycles. The first-order valence-electron chi connectivity index (χ1n) is 35.5. The molecule has 566 valence electrons. The Hall–Kier alpha value is -9.34. The highest BCUT2D eigenvalue weighted by atomic mass is 19.1. The van der Waals surface area contributed by atoms with Crippen LogP contribution in [0.4, 0.5) is 4.39 Å². The fraction of sp³-hybridized carbons (Fsp3) is 0.597. The molecule has 9 fully saturated rings. The summed E-state index contributed by atoms with van der Waals surface area (Å²) in [5, 5.41) is 2.35. The van der Waals surface area contributed by atoms with Gasteiger partial charge in [-0.05, 0) is 134 Å². The number of Topliss-reactive ketones (excluding diaryl/α,β-unsaturated/α-hetero) is 3. The lowest BCUT2D eigenvalue weighted by atomic mass is 9.43. The van der Waals surface area contributed by atoms with E-state index in [4.69, 9.17) is 61.6 Å². The zero-order valence-corrected chi connectivity index (χ0v) is 60.6. The lowest BCUT2D eigenvalue weighted by Crippen LogP contribution is -2.65. The third kappa shape index (κ3) is 13.9. The molecule has 3 unspecified atom stereocenters. The minimum absolute atomic E-state index is 0.0132. The first-order chi connectivity index (χ1) is 49.6. The molecule has 3 aromatic heterocycles. The lowest BCUT2D eigenvalue weighted by molar-refractivity contribution is -0.212. The maximum atomic E-state index is 14.1. The maximum absolute atomic E-state index is 14.1. The van der Waals surface area contributed by atoms with Crippen LogP contribution in [0.3, 0.4) is 0 Å². The van der Waals surface area contributed by atoms with E-state index < -0.39 is 188 Å². The van der Waals surface area contributed by atoms with Gasteiger partial charge in [-0.3, -0.25) is 57.5 Å². The smallest absolute Gasteiger partial charge is 0.338 e. The highest BCUT2D eigenvalue weighted by Crippen LogP contribution is 2.69. The lowest BCUT2D eigenvalue weighted by Gasteiger charge is -2.61. The van der Waals surface area contributed by atoms with E-state index in [1.54, 1.807) is 18.2 Å². The number of fused-ring (bicyclic) bond motifs is 9. The van der Waals surface area contributed by atoms with Crippen molar-refractivity contribution < 1.29 is 123 Å². The van der Waals surface area contributed by atoms with Gasteiger partial charge in [-0.25, -0.2) is 9.18 Å². The molecule has 3 saturated heterocycles. The van der Waals surface area contributed by atoms with Gasteiger partial charge in [0.1, 0.15) is 36.7 Å². The quantitative estimate of drug-likeness (QED) is 0.0931. The number of halogens is 1. The van der Waals surface area contributed by atoms with E-state index in [0.29, 0.717) is 74.5 Å². The summed E-state index contributed by atoms with van der Waals surface area (Å²) in [5.41, 5.74) is 2.78. The van der Waals surface area contributed by atoms with E-state index >= 15 is 0 Å². The number of carbonyl (C=O) groups excluding carboxylic acids is 13. The summed E-state index contributed by atoms with van der Waals surface area (Å²) in [5.74, 6) is -12.9. The predicted octanol–water partition coefficient (Wildman–Crippen LogP) is 8.88. The molecule has 28 heteroatoms. The molecular formula is C77H91FN2O25. The number of ether oxygens (including phenoxy) is 9. The number of nitrogens with one attached hydrogen (secondary N) is 1. The molecular weight excluding hydrogens is 1370 g/mol. The van der Waals surface area contributed by atoms with Crippen molar-refractivity contribution >= 4 is 77.0 Å². The highest BCUT2D eigenvalue weighted by Gasteiger charge is 2.71. The molecule has 0 radical (unpaired) electrons. The SMILES string of the molecule is COC(=O)[C@@H]1C[C@H](OC(=O)CNC(C)=O)C(=O)C2[C@@]1(C)CC[C@H]1C(=O)O[C@H](c3ccoc3)C[C@]21C.COC(=O)[C@@H]1C[C@H](OC(=O)[C@H](C)N)C(=O)C2[C@@]1(C)CC[C@H]1C(=O)O[C@H](c3ccoc3)C[C@]21C.COC(=O)[C@@H]1C[C@H](OC(=O)c2cccc(F)c2)C(=O)C2[C@@]1(C)CC[C@H]1C(=O)O[C@H](c3ccoc3)C[C@]21C. The van der Waals surface area contributed by atoms with Crippen LogP contribution in [0.15, 0.2) is 93.3 Å². The second kappa shape index (κ2) is 29.5. The van der Waals surface area contributed by atoms with Crippen molar-refractivity contribution in [3.63, 3.8) is 0 Å². The van der Waals surface area contributed by atoms with Crippen molar-refractivity contribution in [2.24, 2.45) is 91.5 Å². The zero-order chi connectivity index (χ0) is 76.2. The van der Waals surface area contributed by atoms with Gasteiger partial charge in [0, 0.05) is 60.6 Å². The largest absolute Gasteiger partial charge is 0.472 e. The van der Waals surface area contributed by atoms with Gasteiger partial charge in [0.2, 0.25) is 5.91 Å². The number of furan rings is 3. The molecule has 0 spiro atoms. The molecule has 6 aliphatic carbocycles. The number of rotatable bonds is 13. The number of methoxy groups -OCH3 is 3. The Balaban J connectivity index is 0.000000158. The Bertz CT molecular complexity index is 4040. The van der Waals surface area contributed by atoms with Crippen LogP contribution in [0.1, 0.15) is 178 Å². The van der Waals surface area contributed by atoms with E-state index in [2.05, 4.69) is 5.32 Å². The first-order valence-corrected chi connectivity index (χ1v) is 35.5. The number of hydrogen-bond donors (Lipinski definition) is 2. The standard InChI is InChI=1S/C28H29FO8.C25H31NO9.C24H31NO8/c1-27-9-7-18-26(33)37-21(16-8-10-35-14-16)13-28(18,2)23(27)22(30)20(12-19(27)25(32)34-3)36-24(31)15-5-4-6-17(29)11-15;1-13(27)26-11-19(28)34-17-9-16(22(30)32-4)24(2)7-5-15-23(31)35-18(14-6-8-33-12-14)10-25(15,3)21(24)20(17)29;1-12(25)20(27)32-16-9-15(21(28)30-4)23(2)7-5-14-22(29)33-17(13-6-8-31-11-13)10-24(14,3)19(23)18(16)26/h4-6,8,10-11,14,18-21,23H,7,9,12-13H2,1-3H3;6,8,12,15-18,21H,5,7,9-11H2,1-4H3,(H,26,27);6,8,11-12,14-17,19H,5,7,9-10,25H2,1-4H3/t18-,19-,20-,21-,23?,27-,28-;15-,16-,17-,18-,21?,24-,25-;12-,14-,15-,16-,17-,19?,23-,24-/m000/s1. The molecule has 0 bridgehead atoms. The Kier molecular flexibility index (Phi) is 21.6. The summed E-state index contributed by atoms with van der Waals surface area (Å²) in [6.07, 6.45) is 7.48. The molecule has 3 N–H and O–H groups in total. The summed E-state index contributed by atoms with van der Waals surface area (Å²) in [7, 11) is 3.88. The van der Waals surface area contributed by atoms with Crippen LogP contribution in [-0.4, -0.2) is 129 Å². The zero-order valence-electron chi connectivity index (χ0n) is 60.6. The molecule has 6 saturated carbocycles. The fourth-order valence-corrected chi connectivity index (χ4v) is 20.2. The van der Waals surface area contributed by atoms with Gasteiger partial charge in [0.25, 0.3) is 0 Å². The fourth-order valence-electron chi connectivity index (χ4n) is 20.2. The van der Waals surface area contributed by atoms with E-state index in [1.165, 1.54) is 91.0 Å². The Labute approximate surface area is 605 Å². The highest BCUT2D eigenvalue weighted by molar-refractivity contribution is 5.97. The van der Waals surface area contributed by atoms with E-state index in [1.807, 2.05) is 41.5 Å². The van der Waals surface area contributed by atoms with Crippen LogP contribution in [0.25, 0.3) is 0 Å². The van der Waals surface area contributed by atoms with Gasteiger partial charge in [0.15, 0.2) is 35.7 Å². The van der Waals surface area contributed by atoms with E-state index in [-0.39, 0.29) is 54.1 Å². The number of esters is 9. The minimum atomic E-state index is -1.25. The van der Waals surface area contributed by atoms with Crippen molar-refractivity contribution in [2.45, 2.75) is 175 Å². The number of amides is 1. The summed E-state index contributed by atoms with van der Waals surface area (Å²) >= 11 is 0. The van der Waals surface area contributed by atoms with Gasteiger partial charge < -0.3 is 66.9 Å². The summed E-state index contributed by atoms with van der Waals surface area (Å²) < 4.78 is 78.3. The Morgan fingerprint density at radius 1 is 0.524 bits per heavy atom. The van der Waals surface area contributed by atoms with Crippen LogP contribution in [0, 0.1) is 91.6 Å². The third-order valence-electron chi connectivity index (χ3n) is 25.2. The van der Waals surface area contributed by atoms with Crippen LogP contribution >= 0.6 is 0 Å². The van der Waals surface area contributed by atoms with Gasteiger partial charge in [-0.1, -0.05) is 47.6 Å². The Morgan fingerprint density at radius 3 is 1.19 bits per heavy atom. The van der Waals surface area contributed by atoms with Gasteiger partial charge in [-0.15, -0.1) is 0 Å². The van der Waals surface area contributed by atoms with Crippen molar-refractivity contribution in [3.8, 4) is 0 Å². The Morgan fingerprint density at radius 2 is 0.876 bits per heavy atom. The van der Waals surface area contributed by atoms with E-state index in [0.717, 1.165) is 6.07 Å². The van der Waals surface area contributed by atoms with Crippen molar-refractivity contribution in [1.82, 2.24) is 5.32 Å². The van der Waals surface area contributed by atoms with Crippen molar-refractivity contribution in [2.75, 3.05) is 27.9 Å². The first kappa shape index (κ1) is 76.8. The number of benzene rings is 1. The normalized spacial score (nSPS) is 36.7. The monoisotopic (exact) mass is 1460 g/mol. The number of hydrogen-bond acceptors (Lipinski definition) is 26. The van der Waals surface area contributed by atoms with E-state index in [9.17, 15) is 66.7 Å². The van der Waals surface area contributed by atoms with Gasteiger partial charge >= 0.3 is 53.7 Å². The van der Waals surface area contributed by atoms with Crippen LogP contribution in [0.5, 0.6) is 0 Å². The van der Waals surface area contributed by atoms with Crippen LogP contribution < -0.4 is 11.1 Å². The predicted molar refractivity (Wildman–Crippen MR) is 357 cm³/mol. The number of carbonyl (C=O) groups is 13. The topological polar surface area (TPSA) is 382 Å². The molecule has 4 aromatic rings. The second-order valence-electron chi connectivity index (χ2n) is 31.3. The molecule has 22 atom stereocenters. The molecule has 105 heavy (non-hydrogen) atoms. The number of cyclic esters (lactones) is 3. The van der Waals surface area contributed by atoms with Gasteiger partial charge in [-0.2, -0.15) is 0 Å². The van der Waals surface area contributed by atoms with Crippen molar-refractivity contribution in [3.05, 3.63) is 108 Å². The average molecular weight is 1460 g/mol. The number of ketones is 3. The van der Waals surface area contributed by atoms with Gasteiger partial charge in [0.05, 0.1) is 100.0 Å². The molecule has 27 nitrogen and oxygen atoms in total. The second-order valence-corrected chi connectivity index (χ2v) is 31.3. The summed E-state index contributed by atoms with van der Waals surface area (Å²) in [4.78, 5) is 169. The molecule has 9 aliphatic rings. The molecule has 1 amide bonds. The maximum Gasteiger partial charge on any atom is 0.338 e. The molecule has 6 heterocycles. The van der Waals surface area contributed by atoms with Crippen LogP contribution in [-0.2, 0) is 100 Å². The van der Waals surface area contributed by atoms with Crippen molar-refractivity contribution in [1.29, 1.82) is 0 Å². The van der Waals surface area contributed by atoms with Crippen LogP contribution in [0.2, 0.25) is 0 Å². The summed E-state index contributed by atoms with van der Waals surface area (Å²) in [6, 6.07) is 9.25. The molecule has 3 aliphatic heterocycles. The summed E-state index contributed by atoms with van der Waals surface area (Å²) in [6.45, 7) is 13.7. The number of nitrogens with two attached hydrogens (primary N) is 1. The minimum Gasteiger partial charge on any atom is -0.472 e. The third-order valence-corrected chi connectivity index (χ3v) is 25.2. The molecule has 13 rings (SSSR count).